The topological polar surface area (TPSA) is 135 Å². The molecule has 3 rings (SSSR count). The van der Waals surface area contributed by atoms with Crippen LogP contribution in [0.3, 0.4) is 0 Å². The summed E-state index contributed by atoms with van der Waals surface area (Å²) in [4.78, 5) is 21.2. The third kappa shape index (κ3) is 6.25. The molecular weight excluding hydrogens is 438 g/mol. The van der Waals surface area contributed by atoms with Crippen LogP contribution in [0.5, 0.6) is 17.6 Å². The summed E-state index contributed by atoms with van der Waals surface area (Å²) in [5.74, 6) is 0.215. The second kappa shape index (κ2) is 9.75. The molecule has 0 bridgehead atoms. The molecule has 12 heteroatoms. The summed E-state index contributed by atoms with van der Waals surface area (Å²) in [5, 5.41) is 6.74. The van der Waals surface area contributed by atoms with E-state index < -0.39 is 15.7 Å². The second-order valence-electron chi connectivity index (χ2n) is 6.93. The van der Waals surface area contributed by atoms with Crippen molar-refractivity contribution < 1.29 is 27.4 Å². The first kappa shape index (κ1) is 23.2. The molecule has 3 aromatic rings. The average Bonchev–Trinajstić information content (AvgIpc) is 3.12. The van der Waals surface area contributed by atoms with Crippen molar-refractivity contribution in [2.45, 2.75) is 17.9 Å². The number of aromatic nitrogens is 4. The number of nitrogens with one attached hydrogen (secondary N) is 1. The summed E-state index contributed by atoms with van der Waals surface area (Å²) < 4.78 is 41.2. The monoisotopic (exact) mass is 461 g/mol. The maximum absolute atomic E-state index is 12.7. The van der Waals surface area contributed by atoms with E-state index in [4.69, 9.17) is 14.2 Å². The number of hydrogen-bond donors (Lipinski definition) is 1. The standard InChI is InChI=1S/C20H23N5O6S/c1-13(12-29-3)30-18-11-16(19(26)22-17-9-10-25(2)24-17)21-20(23-18)31-14-5-7-15(8-6-14)32(4,27)28/h5-11,13H,12H2,1-4H3,(H,22,24,26). The van der Waals surface area contributed by atoms with Crippen LogP contribution in [-0.4, -0.2) is 60.1 Å². The second-order valence-corrected chi connectivity index (χ2v) is 8.95. The van der Waals surface area contributed by atoms with Gasteiger partial charge in [0.05, 0.1) is 11.5 Å². The quantitative estimate of drug-likeness (QED) is 0.508. The highest BCUT2D eigenvalue weighted by molar-refractivity contribution is 7.90. The Labute approximate surface area is 185 Å². The van der Waals surface area contributed by atoms with Crippen molar-refractivity contribution >= 4 is 21.6 Å². The van der Waals surface area contributed by atoms with Gasteiger partial charge in [-0.15, -0.1) is 0 Å². The number of nitrogens with zero attached hydrogens (tertiary/aromatic N) is 4. The van der Waals surface area contributed by atoms with Crippen LogP contribution in [0.4, 0.5) is 5.82 Å². The zero-order valence-electron chi connectivity index (χ0n) is 18.0. The predicted molar refractivity (Wildman–Crippen MR) is 115 cm³/mol. The molecule has 1 unspecified atom stereocenters. The fourth-order valence-electron chi connectivity index (χ4n) is 2.62. The van der Waals surface area contributed by atoms with Gasteiger partial charge in [0.1, 0.15) is 17.5 Å². The van der Waals surface area contributed by atoms with Gasteiger partial charge in [0, 0.05) is 38.7 Å². The van der Waals surface area contributed by atoms with Gasteiger partial charge in [-0.1, -0.05) is 0 Å². The fraction of sp³-hybridized carbons (Fsp3) is 0.300. The third-order valence-electron chi connectivity index (χ3n) is 4.05. The number of carbonyl (C=O) groups excluding carboxylic acids is 1. The summed E-state index contributed by atoms with van der Waals surface area (Å²) in [6.07, 6.45) is 2.45. The molecule has 2 heterocycles. The van der Waals surface area contributed by atoms with E-state index >= 15 is 0 Å². The Bertz CT molecular complexity index is 1190. The van der Waals surface area contributed by atoms with Crippen LogP contribution in [0.2, 0.25) is 0 Å². The van der Waals surface area contributed by atoms with Crippen LogP contribution in [0.25, 0.3) is 0 Å². The Morgan fingerprint density at radius 3 is 2.50 bits per heavy atom. The van der Waals surface area contributed by atoms with Gasteiger partial charge in [-0.2, -0.15) is 15.1 Å². The molecule has 1 N–H and O–H groups in total. The average molecular weight is 462 g/mol. The number of aryl methyl sites for hydroxylation is 1. The minimum Gasteiger partial charge on any atom is -0.472 e. The van der Waals surface area contributed by atoms with Gasteiger partial charge in [-0.25, -0.2) is 8.42 Å². The van der Waals surface area contributed by atoms with Gasteiger partial charge >= 0.3 is 6.01 Å². The summed E-state index contributed by atoms with van der Waals surface area (Å²) in [6, 6.07) is 8.61. The molecule has 0 radical (unpaired) electrons. The van der Waals surface area contributed by atoms with E-state index in [0.717, 1.165) is 6.26 Å². The van der Waals surface area contributed by atoms with E-state index in [1.165, 1.54) is 30.3 Å². The van der Waals surface area contributed by atoms with Crippen molar-refractivity contribution in [3.8, 4) is 17.6 Å². The zero-order valence-corrected chi connectivity index (χ0v) is 18.8. The number of benzene rings is 1. The molecule has 0 spiro atoms. The summed E-state index contributed by atoms with van der Waals surface area (Å²) in [5.41, 5.74) is -0.00646. The Morgan fingerprint density at radius 2 is 1.91 bits per heavy atom. The van der Waals surface area contributed by atoms with Crippen LogP contribution in [0.15, 0.2) is 47.5 Å². The molecule has 0 aliphatic rings. The molecule has 32 heavy (non-hydrogen) atoms. The highest BCUT2D eigenvalue weighted by Gasteiger charge is 2.17. The molecular formula is C20H23N5O6S. The Morgan fingerprint density at radius 1 is 1.19 bits per heavy atom. The summed E-state index contributed by atoms with van der Waals surface area (Å²) >= 11 is 0. The smallest absolute Gasteiger partial charge is 0.326 e. The minimum absolute atomic E-state index is 0.00646. The lowest BCUT2D eigenvalue weighted by molar-refractivity contribution is 0.0879. The van der Waals surface area contributed by atoms with Gasteiger partial charge in [0.25, 0.3) is 5.91 Å². The van der Waals surface area contributed by atoms with E-state index in [-0.39, 0.29) is 34.3 Å². The lowest BCUT2D eigenvalue weighted by Gasteiger charge is -2.14. The number of ether oxygens (including phenoxy) is 3. The molecule has 2 aromatic heterocycles. The zero-order chi connectivity index (χ0) is 23.3. The fourth-order valence-corrected chi connectivity index (χ4v) is 3.25. The number of carbonyl (C=O) groups is 1. The van der Waals surface area contributed by atoms with Crippen LogP contribution < -0.4 is 14.8 Å². The molecule has 0 saturated carbocycles. The molecule has 1 atom stereocenters. The van der Waals surface area contributed by atoms with E-state index in [0.29, 0.717) is 12.4 Å². The molecule has 0 fully saturated rings. The summed E-state index contributed by atoms with van der Waals surface area (Å²) in [7, 11) is -0.0747. The highest BCUT2D eigenvalue weighted by atomic mass is 32.2. The lowest BCUT2D eigenvalue weighted by atomic mass is 10.3. The minimum atomic E-state index is -3.34. The van der Waals surface area contributed by atoms with Gasteiger partial charge in [-0.3, -0.25) is 9.48 Å². The first-order valence-corrected chi connectivity index (χ1v) is 11.4. The van der Waals surface area contributed by atoms with Crippen LogP contribution in [0.1, 0.15) is 17.4 Å². The van der Waals surface area contributed by atoms with Crippen LogP contribution >= 0.6 is 0 Å². The number of anilines is 1. The molecule has 11 nitrogen and oxygen atoms in total. The number of amides is 1. The van der Waals surface area contributed by atoms with Crippen LogP contribution in [-0.2, 0) is 21.6 Å². The molecule has 0 saturated heterocycles. The lowest BCUT2D eigenvalue weighted by Crippen LogP contribution is -2.20. The normalized spacial score (nSPS) is 12.2. The van der Waals surface area contributed by atoms with Crippen molar-refractivity contribution in [1.29, 1.82) is 0 Å². The molecule has 1 aromatic carbocycles. The molecule has 0 aliphatic heterocycles. The first-order chi connectivity index (χ1) is 15.1. The van der Waals surface area contributed by atoms with Crippen molar-refractivity contribution in [1.82, 2.24) is 19.7 Å². The highest BCUT2D eigenvalue weighted by Crippen LogP contribution is 2.23. The Hall–Kier alpha value is -3.51. The molecule has 170 valence electrons. The number of methoxy groups -OCH3 is 1. The number of rotatable bonds is 9. The van der Waals surface area contributed by atoms with Gasteiger partial charge in [-0.05, 0) is 31.2 Å². The summed E-state index contributed by atoms with van der Waals surface area (Å²) in [6.45, 7) is 2.09. The van der Waals surface area contributed by atoms with Gasteiger partial charge < -0.3 is 19.5 Å². The maximum Gasteiger partial charge on any atom is 0.326 e. The number of sulfone groups is 1. The predicted octanol–water partition coefficient (Wildman–Crippen LogP) is 2.07. The van der Waals surface area contributed by atoms with Crippen molar-refractivity contribution in [3.05, 3.63) is 48.3 Å². The van der Waals surface area contributed by atoms with E-state index in [1.807, 2.05) is 0 Å². The van der Waals surface area contributed by atoms with E-state index in [9.17, 15) is 13.2 Å². The third-order valence-corrected chi connectivity index (χ3v) is 5.18. The van der Waals surface area contributed by atoms with E-state index in [1.54, 1.807) is 38.0 Å². The van der Waals surface area contributed by atoms with Crippen molar-refractivity contribution in [2.24, 2.45) is 7.05 Å². The van der Waals surface area contributed by atoms with E-state index in [2.05, 4.69) is 20.4 Å². The van der Waals surface area contributed by atoms with Crippen LogP contribution in [0, 0.1) is 0 Å². The van der Waals surface area contributed by atoms with Crippen molar-refractivity contribution in [3.63, 3.8) is 0 Å². The number of hydrogen-bond acceptors (Lipinski definition) is 9. The Balaban J connectivity index is 1.87. The molecule has 1 amide bonds. The Kier molecular flexibility index (Phi) is 7.05. The molecule has 0 aliphatic carbocycles. The maximum atomic E-state index is 12.7. The van der Waals surface area contributed by atoms with Crippen molar-refractivity contribution in [2.75, 3.05) is 25.3 Å². The van der Waals surface area contributed by atoms with Gasteiger partial charge in [0.15, 0.2) is 15.7 Å². The largest absolute Gasteiger partial charge is 0.472 e. The SMILES string of the molecule is COCC(C)Oc1cc(C(=O)Nc2ccn(C)n2)nc(Oc2ccc(S(C)(=O)=O)cc2)n1. The van der Waals surface area contributed by atoms with Gasteiger partial charge in [0.2, 0.25) is 5.88 Å². The first-order valence-electron chi connectivity index (χ1n) is 9.47.